The van der Waals surface area contributed by atoms with Crippen LogP contribution in [0.3, 0.4) is 0 Å². The molecule has 4 nitrogen and oxygen atoms in total. The summed E-state index contributed by atoms with van der Waals surface area (Å²) in [6.07, 6.45) is 4.46. The fraction of sp³-hybridized carbons (Fsp3) is 0.800. The summed E-state index contributed by atoms with van der Waals surface area (Å²) in [5, 5.41) is 6.93. The van der Waals surface area contributed by atoms with Gasteiger partial charge in [0.1, 0.15) is 0 Å². The Labute approximate surface area is 128 Å². The molecule has 0 aliphatic heterocycles. The predicted molar refractivity (Wildman–Crippen MR) is 78.9 cm³/mol. The molecule has 2 radical (unpaired) electrons. The maximum absolute atomic E-state index is 5.33. The number of rotatable bonds is 8. The van der Waals surface area contributed by atoms with E-state index in [0.29, 0.717) is 10.3 Å². The summed E-state index contributed by atoms with van der Waals surface area (Å²) >= 11 is 8.35. The predicted octanol–water partition coefficient (Wildman–Crippen LogP) is 1.90. The fourth-order valence-electron chi connectivity index (χ4n) is 0.903. The Morgan fingerprint density at radius 3 is 1.71 bits per heavy atom. The number of hydrogen-bond donors (Lipinski definition) is 2. The molecule has 2 N–H and O–H groups in total. The van der Waals surface area contributed by atoms with E-state index in [4.69, 9.17) is 29.8 Å². The van der Waals surface area contributed by atoms with Crippen LogP contribution in [0.1, 0.15) is 39.5 Å². The van der Waals surface area contributed by atoms with Crippen LogP contribution in [0.4, 0.5) is 0 Å². The zero-order valence-corrected chi connectivity index (χ0v) is 15.9. The van der Waals surface area contributed by atoms with E-state index in [1.807, 2.05) is 0 Å². The molecule has 0 heterocycles. The van der Waals surface area contributed by atoms with Crippen molar-refractivity contribution >= 4 is 59.9 Å². The van der Waals surface area contributed by atoms with E-state index < -0.39 is 25.1 Å². The summed E-state index contributed by atoms with van der Waals surface area (Å²) in [5.74, 6) is 0. The SMILES string of the molecule is CCCCNC(=S)[O][Pb][O]C(=S)NCCCC. The Morgan fingerprint density at radius 2 is 1.35 bits per heavy atom. The molecule has 0 amide bonds. The van der Waals surface area contributed by atoms with Crippen molar-refractivity contribution in [3.05, 3.63) is 0 Å². The molecule has 0 bridgehead atoms. The summed E-state index contributed by atoms with van der Waals surface area (Å²) in [6.45, 7) is 5.98. The van der Waals surface area contributed by atoms with Gasteiger partial charge in [-0.15, -0.1) is 0 Å². The van der Waals surface area contributed by atoms with Gasteiger partial charge in [0.2, 0.25) is 0 Å². The van der Waals surface area contributed by atoms with Gasteiger partial charge in [-0.25, -0.2) is 0 Å². The van der Waals surface area contributed by atoms with Crippen LogP contribution >= 0.6 is 24.4 Å². The van der Waals surface area contributed by atoms with E-state index >= 15 is 0 Å². The van der Waals surface area contributed by atoms with E-state index in [2.05, 4.69) is 24.5 Å². The molecule has 17 heavy (non-hydrogen) atoms. The van der Waals surface area contributed by atoms with Crippen LogP contribution in [0.15, 0.2) is 0 Å². The van der Waals surface area contributed by atoms with Gasteiger partial charge < -0.3 is 0 Å². The topological polar surface area (TPSA) is 42.5 Å². The first-order valence-corrected chi connectivity index (χ1v) is 9.84. The van der Waals surface area contributed by atoms with Gasteiger partial charge in [-0.3, -0.25) is 0 Å². The van der Waals surface area contributed by atoms with E-state index in [-0.39, 0.29) is 0 Å². The minimum atomic E-state index is -1.64. The quantitative estimate of drug-likeness (QED) is 0.320. The Kier molecular flexibility index (Phi) is 13.0. The Balaban J connectivity index is 3.36. The Hall–Kier alpha value is 0.302. The van der Waals surface area contributed by atoms with E-state index in [1.165, 1.54) is 0 Å². The summed E-state index contributed by atoms with van der Waals surface area (Å²) in [5.41, 5.74) is 0. The van der Waals surface area contributed by atoms with E-state index in [9.17, 15) is 0 Å². The average Bonchev–Trinajstić information content (AvgIpc) is 2.30. The van der Waals surface area contributed by atoms with Crippen molar-refractivity contribution in [3.63, 3.8) is 0 Å². The minimum absolute atomic E-state index is 0.443. The third kappa shape index (κ3) is 12.5. The van der Waals surface area contributed by atoms with Crippen LogP contribution in [0.5, 0.6) is 0 Å². The molecule has 7 heteroatoms. The van der Waals surface area contributed by atoms with Gasteiger partial charge in [-0.05, 0) is 0 Å². The Bertz CT molecular complexity index is 208. The second-order valence-corrected chi connectivity index (χ2v) is 6.40. The van der Waals surface area contributed by atoms with E-state index in [1.54, 1.807) is 0 Å². The first kappa shape index (κ1) is 17.3. The molecule has 0 atom stereocenters. The molecule has 98 valence electrons. The molecular weight excluding hydrogens is 451 g/mol. The van der Waals surface area contributed by atoms with Gasteiger partial charge in [-0.2, -0.15) is 0 Å². The van der Waals surface area contributed by atoms with Crippen molar-refractivity contribution < 1.29 is 5.37 Å². The van der Waals surface area contributed by atoms with Crippen molar-refractivity contribution in [2.45, 2.75) is 39.5 Å². The summed E-state index contributed by atoms with van der Waals surface area (Å²) < 4.78 is 10.7. The molecular formula is C10H20N2O2PbS2. The van der Waals surface area contributed by atoms with E-state index in [0.717, 1.165) is 38.8 Å². The third-order valence-electron chi connectivity index (χ3n) is 1.87. The van der Waals surface area contributed by atoms with Crippen LogP contribution in [-0.2, 0) is 5.37 Å². The molecule has 0 aliphatic rings. The van der Waals surface area contributed by atoms with Crippen molar-refractivity contribution in [3.8, 4) is 0 Å². The van der Waals surface area contributed by atoms with Gasteiger partial charge in [0.25, 0.3) is 0 Å². The third-order valence-corrected chi connectivity index (χ3v) is 5.71. The van der Waals surface area contributed by atoms with Crippen molar-refractivity contribution in [2.75, 3.05) is 13.1 Å². The van der Waals surface area contributed by atoms with Gasteiger partial charge in [0.05, 0.1) is 0 Å². The molecule has 0 fully saturated rings. The average molecular weight is 472 g/mol. The fourth-order valence-corrected chi connectivity index (χ4v) is 3.02. The molecule has 0 saturated carbocycles. The number of unbranched alkanes of at least 4 members (excludes halogenated alkanes) is 2. The number of nitrogens with one attached hydrogen (secondary N) is 2. The second kappa shape index (κ2) is 12.8. The monoisotopic (exact) mass is 472 g/mol. The normalized spacial score (nSPS) is 9.53. The van der Waals surface area contributed by atoms with Crippen LogP contribution in [0, 0.1) is 0 Å². The zero-order chi connectivity index (χ0) is 12.9. The molecule has 0 aromatic carbocycles. The molecule has 0 aliphatic carbocycles. The van der Waals surface area contributed by atoms with Gasteiger partial charge in [0, 0.05) is 0 Å². The molecule has 0 unspecified atom stereocenters. The molecule has 0 spiro atoms. The summed E-state index contributed by atoms with van der Waals surface area (Å²) in [7, 11) is 0. The molecule has 0 aromatic rings. The van der Waals surface area contributed by atoms with Crippen LogP contribution in [0.25, 0.3) is 0 Å². The second-order valence-electron chi connectivity index (χ2n) is 3.42. The van der Waals surface area contributed by atoms with Gasteiger partial charge in [0.15, 0.2) is 0 Å². The Morgan fingerprint density at radius 1 is 0.941 bits per heavy atom. The van der Waals surface area contributed by atoms with Crippen molar-refractivity contribution in [2.24, 2.45) is 0 Å². The number of thiocarbonyl (C=S) groups is 2. The summed E-state index contributed by atoms with van der Waals surface area (Å²) in [4.78, 5) is 0. The standard InChI is InChI=1S/2C5H11NOS.Pb/c2*1-2-3-4-6-5(7)8;/h2*2-4H2,1H3,(H2,6,7,8);/q;;+2/p-2. The van der Waals surface area contributed by atoms with Crippen LogP contribution < -0.4 is 10.6 Å². The summed E-state index contributed by atoms with van der Waals surface area (Å²) in [6, 6.07) is 0. The van der Waals surface area contributed by atoms with Crippen molar-refractivity contribution in [1.29, 1.82) is 0 Å². The van der Waals surface area contributed by atoms with Gasteiger partial charge in [-0.1, -0.05) is 0 Å². The maximum atomic E-state index is 5.33. The molecule has 0 aromatic heterocycles. The number of hydrogen-bond acceptors (Lipinski definition) is 4. The van der Waals surface area contributed by atoms with Crippen molar-refractivity contribution in [1.82, 2.24) is 10.6 Å². The van der Waals surface area contributed by atoms with Crippen LogP contribution in [0.2, 0.25) is 0 Å². The first-order chi connectivity index (χ1) is 8.20. The molecule has 0 rings (SSSR count). The zero-order valence-electron chi connectivity index (χ0n) is 10.4. The molecule has 0 saturated heterocycles. The van der Waals surface area contributed by atoms with Gasteiger partial charge >= 0.3 is 129 Å². The van der Waals surface area contributed by atoms with Crippen LogP contribution in [-0.4, -0.2) is 48.6 Å². The first-order valence-electron chi connectivity index (χ1n) is 5.85.